The molecule has 3 heteroatoms. The number of benzene rings is 1. The average Bonchev–Trinajstić information content (AvgIpc) is 2.77. The van der Waals surface area contributed by atoms with Gasteiger partial charge in [-0.2, -0.15) is 0 Å². The number of nitrogens with one attached hydrogen (secondary N) is 1. The van der Waals surface area contributed by atoms with Gasteiger partial charge in [0.15, 0.2) is 0 Å². The largest absolute Gasteiger partial charge is 0.319 e. The summed E-state index contributed by atoms with van der Waals surface area (Å²) < 4.78 is 26.1. The van der Waals surface area contributed by atoms with Crippen molar-refractivity contribution in [3.63, 3.8) is 0 Å². The van der Waals surface area contributed by atoms with Crippen LogP contribution in [0.25, 0.3) is 0 Å². The molecule has 0 spiro atoms. The van der Waals surface area contributed by atoms with Crippen LogP contribution in [-0.4, -0.2) is 13.6 Å². The topological polar surface area (TPSA) is 12.0 Å². The van der Waals surface area contributed by atoms with E-state index in [1.807, 2.05) is 7.05 Å². The van der Waals surface area contributed by atoms with Crippen LogP contribution in [0.15, 0.2) is 18.2 Å². The van der Waals surface area contributed by atoms with Crippen LogP contribution in [0.4, 0.5) is 8.78 Å². The molecule has 1 saturated carbocycles. The van der Waals surface area contributed by atoms with E-state index in [2.05, 4.69) is 12.2 Å². The maximum absolute atomic E-state index is 13.0. The standard InChI is InChI=1S/C12H15F2N/c1-12(6-9(12)7-15-2)8-3-10(13)5-11(14)4-8/h3-5,9,15H,6-7H2,1-2H3. The van der Waals surface area contributed by atoms with Crippen molar-refractivity contribution in [3.8, 4) is 0 Å². The molecule has 0 amide bonds. The maximum Gasteiger partial charge on any atom is 0.126 e. The highest BCUT2D eigenvalue weighted by Crippen LogP contribution is 2.53. The molecule has 0 saturated heterocycles. The second kappa shape index (κ2) is 3.56. The minimum absolute atomic E-state index is 0.0497. The summed E-state index contributed by atoms with van der Waals surface area (Å²) in [5.41, 5.74) is 0.728. The number of halogens is 2. The first-order valence-corrected chi connectivity index (χ1v) is 5.17. The van der Waals surface area contributed by atoms with Gasteiger partial charge >= 0.3 is 0 Å². The van der Waals surface area contributed by atoms with Gasteiger partial charge in [0.25, 0.3) is 0 Å². The van der Waals surface area contributed by atoms with Crippen LogP contribution in [0.5, 0.6) is 0 Å². The number of rotatable bonds is 3. The van der Waals surface area contributed by atoms with Crippen molar-refractivity contribution in [2.24, 2.45) is 5.92 Å². The summed E-state index contributed by atoms with van der Waals surface area (Å²) in [6.45, 7) is 2.96. The van der Waals surface area contributed by atoms with E-state index < -0.39 is 11.6 Å². The minimum atomic E-state index is -0.485. The Labute approximate surface area is 88.5 Å². The first kappa shape index (κ1) is 10.6. The van der Waals surface area contributed by atoms with Crippen molar-refractivity contribution in [2.75, 3.05) is 13.6 Å². The molecule has 0 aliphatic heterocycles. The highest BCUT2D eigenvalue weighted by molar-refractivity contribution is 5.33. The molecule has 1 fully saturated rings. The third-order valence-electron chi connectivity index (χ3n) is 3.38. The lowest BCUT2D eigenvalue weighted by atomic mass is 9.95. The van der Waals surface area contributed by atoms with Crippen molar-refractivity contribution in [1.82, 2.24) is 5.32 Å². The second-order valence-corrected chi connectivity index (χ2v) is 4.53. The molecule has 2 unspecified atom stereocenters. The molecule has 0 bridgehead atoms. The van der Waals surface area contributed by atoms with E-state index >= 15 is 0 Å². The molecule has 0 aromatic heterocycles. The van der Waals surface area contributed by atoms with Gasteiger partial charge in [-0.3, -0.25) is 0 Å². The molecule has 1 aliphatic rings. The lowest BCUT2D eigenvalue weighted by molar-refractivity contribution is 0.563. The lowest BCUT2D eigenvalue weighted by Gasteiger charge is -2.12. The third kappa shape index (κ3) is 1.88. The van der Waals surface area contributed by atoms with Crippen molar-refractivity contribution >= 4 is 0 Å². The first-order chi connectivity index (χ1) is 7.06. The SMILES string of the molecule is CNCC1CC1(C)c1cc(F)cc(F)c1. The van der Waals surface area contributed by atoms with Crippen LogP contribution in [0.3, 0.4) is 0 Å². The van der Waals surface area contributed by atoms with Crippen LogP contribution in [0.2, 0.25) is 0 Å². The Bertz CT molecular complexity index is 358. The molecule has 2 atom stereocenters. The fraction of sp³-hybridized carbons (Fsp3) is 0.500. The summed E-state index contributed by atoms with van der Waals surface area (Å²) in [5, 5.41) is 3.10. The summed E-state index contributed by atoms with van der Waals surface area (Å²) >= 11 is 0. The first-order valence-electron chi connectivity index (χ1n) is 5.17. The highest BCUT2D eigenvalue weighted by Gasteiger charge is 2.50. The van der Waals surface area contributed by atoms with E-state index in [0.29, 0.717) is 5.92 Å². The van der Waals surface area contributed by atoms with Crippen LogP contribution >= 0.6 is 0 Å². The van der Waals surface area contributed by atoms with Crippen LogP contribution < -0.4 is 5.32 Å². The van der Waals surface area contributed by atoms with Gasteiger partial charge in [-0.15, -0.1) is 0 Å². The minimum Gasteiger partial charge on any atom is -0.319 e. The normalized spacial score (nSPS) is 29.2. The van der Waals surface area contributed by atoms with Gasteiger partial charge in [-0.25, -0.2) is 8.78 Å². The zero-order chi connectivity index (χ0) is 11.1. The molecule has 82 valence electrons. The van der Waals surface area contributed by atoms with Gasteiger partial charge in [0.1, 0.15) is 11.6 Å². The molecule has 0 heterocycles. The molecule has 2 rings (SSSR count). The Balaban J connectivity index is 2.24. The smallest absolute Gasteiger partial charge is 0.126 e. The monoisotopic (exact) mass is 211 g/mol. The Morgan fingerprint density at radius 2 is 1.93 bits per heavy atom. The van der Waals surface area contributed by atoms with Crippen molar-refractivity contribution in [3.05, 3.63) is 35.4 Å². The van der Waals surface area contributed by atoms with E-state index in [0.717, 1.165) is 24.6 Å². The zero-order valence-electron chi connectivity index (χ0n) is 8.98. The quantitative estimate of drug-likeness (QED) is 0.809. The van der Waals surface area contributed by atoms with E-state index in [1.54, 1.807) is 0 Å². The van der Waals surface area contributed by atoms with Gasteiger partial charge < -0.3 is 5.32 Å². The number of hydrogen-bond donors (Lipinski definition) is 1. The molecular formula is C12H15F2N. The summed E-state index contributed by atoms with van der Waals surface area (Å²) in [4.78, 5) is 0. The molecule has 15 heavy (non-hydrogen) atoms. The molecule has 0 radical (unpaired) electrons. The maximum atomic E-state index is 13.0. The zero-order valence-corrected chi connectivity index (χ0v) is 8.98. The molecule has 1 aliphatic carbocycles. The van der Waals surface area contributed by atoms with E-state index in [9.17, 15) is 8.78 Å². The van der Waals surface area contributed by atoms with Gasteiger partial charge in [-0.05, 0) is 49.0 Å². The fourth-order valence-electron chi connectivity index (χ4n) is 2.23. The molecule has 1 aromatic carbocycles. The Hall–Kier alpha value is -0.960. The van der Waals surface area contributed by atoms with Gasteiger partial charge in [-0.1, -0.05) is 6.92 Å². The van der Waals surface area contributed by atoms with Gasteiger partial charge in [0.2, 0.25) is 0 Å². The molecule has 1 aromatic rings. The van der Waals surface area contributed by atoms with Crippen LogP contribution in [-0.2, 0) is 5.41 Å². The predicted molar refractivity (Wildman–Crippen MR) is 55.7 cm³/mol. The lowest BCUT2D eigenvalue weighted by Crippen LogP contribution is -2.16. The Morgan fingerprint density at radius 3 is 2.47 bits per heavy atom. The van der Waals surface area contributed by atoms with Gasteiger partial charge in [0.05, 0.1) is 0 Å². The predicted octanol–water partition coefficient (Wildman–Crippen LogP) is 2.46. The Morgan fingerprint density at radius 1 is 1.33 bits per heavy atom. The highest BCUT2D eigenvalue weighted by atomic mass is 19.1. The molecule has 1 N–H and O–H groups in total. The van der Waals surface area contributed by atoms with E-state index in [-0.39, 0.29) is 5.41 Å². The summed E-state index contributed by atoms with van der Waals surface area (Å²) in [6.07, 6.45) is 0.997. The summed E-state index contributed by atoms with van der Waals surface area (Å²) in [5.74, 6) is -0.480. The van der Waals surface area contributed by atoms with Crippen molar-refractivity contribution < 1.29 is 8.78 Å². The van der Waals surface area contributed by atoms with E-state index in [4.69, 9.17) is 0 Å². The fourth-order valence-corrected chi connectivity index (χ4v) is 2.23. The second-order valence-electron chi connectivity index (χ2n) is 4.53. The third-order valence-corrected chi connectivity index (χ3v) is 3.38. The van der Waals surface area contributed by atoms with Crippen molar-refractivity contribution in [2.45, 2.75) is 18.8 Å². The summed E-state index contributed by atoms with van der Waals surface area (Å²) in [6, 6.07) is 3.81. The Kier molecular flexibility index (Phi) is 2.51. The van der Waals surface area contributed by atoms with Crippen molar-refractivity contribution in [1.29, 1.82) is 0 Å². The molecular weight excluding hydrogens is 196 g/mol. The summed E-state index contributed by atoms with van der Waals surface area (Å²) in [7, 11) is 1.89. The van der Waals surface area contributed by atoms with Gasteiger partial charge in [0, 0.05) is 6.07 Å². The van der Waals surface area contributed by atoms with E-state index in [1.165, 1.54) is 12.1 Å². The van der Waals surface area contributed by atoms with Crippen LogP contribution in [0.1, 0.15) is 18.9 Å². The molecule has 1 nitrogen and oxygen atoms in total. The van der Waals surface area contributed by atoms with Crippen LogP contribution in [0, 0.1) is 17.6 Å². The number of hydrogen-bond acceptors (Lipinski definition) is 1. The average molecular weight is 211 g/mol.